The highest BCUT2D eigenvalue weighted by molar-refractivity contribution is 8.00. The number of thiophene rings is 1. The van der Waals surface area contributed by atoms with Gasteiger partial charge in [-0.05, 0) is 26.3 Å². The monoisotopic (exact) mass is 323 g/mol. The molecule has 0 aliphatic carbocycles. The van der Waals surface area contributed by atoms with Crippen LogP contribution in [0.25, 0.3) is 10.2 Å². The Balaban J connectivity index is 1.91. The maximum atomic E-state index is 12.1. The Bertz CT molecular complexity index is 831. The molecule has 0 amide bonds. The molecule has 0 atom stereocenters. The van der Waals surface area contributed by atoms with Crippen LogP contribution in [0.2, 0.25) is 0 Å². The zero-order valence-electron chi connectivity index (χ0n) is 11.3. The predicted octanol–water partition coefficient (Wildman–Crippen LogP) is 3.66. The summed E-state index contributed by atoms with van der Waals surface area (Å²) >= 11 is 4.80. The third-order valence-electron chi connectivity index (χ3n) is 3.02. The smallest absolute Gasteiger partial charge is 0.259 e. The summed E-state index contributed by atoms with van der Waals surface area (Å²) in [6.07, 6.45) is 0. The molecule has 0 unspecified atom stereocenters. The third kappa shape index (κ3) is 2.53. The molecule has 0 aliphatic heterocycles. The van der Waals surface area contributed by atoms with Gasteiger partial charge in [-0.2, -0.15) is 0 Å². The normalized spacial score (nSPS) is 11.3. The van der Waals surface area contributed by atoms with Crippen LogP contribution < -0.4 is 5.56 Å². The van der Waals surface area contributed by atoms with Crippen molar-refractivity contribution in [3.8, 4) is 0 Å². The first-order valence-corrected chi connectivity index (χ1v) is 8.76. The lowest BCUT2D eigenvalue weighted by Gasteiger charge is -1.99. The Labute approximate surface area is 128 Å². The maximum absolute atomic E-state index is 12.1. The van der Waals surface area contributed by atoms with Crippen LogP contribution in [0.5, 0.6) is 0 Å². The Morgan fingerprint density at radius 2 is 2.10 bits per heavy atom. The lowest BCUT2D eigenvalue weighted by atomic mass is 10.2. The van der Waals surface area contributed by atoms with Crippen LogP contribution in [0, 0.1) is 20.8 Å². The van der Waals surface area contributed by atoms with Gasteiger partial charge < -0.3 is 4.98 Å². The van der Waals surface area contributed by atoms with E-state index in [1.165, 1.54) is 0 Å². The van der Waals surface area contributed by atoms with E-state index in [4.69, 9.17) is 0 Å². The first-order valence-electron chi connectivity index (χ1n) is 6.08. The van der Waals surface area contributed by atoms with Gasteiger partial charge in [0.15, 0.2) is 4.34 Å². The van der Waals surface area contributed by atoms with Gasteiger partial charge in [0.1, 0.15) is 10.7 Å². The van der Waals surface area contributed by atoms with Crippen molar-refractivity contribution in [2.24, 2.45) is 0 Å². The fraction of sp³-hybridized carbons (Fsp3) is 0.308. The predicted molar refractivity (Wildman–Crippen MR) is 86.1 cm³/mol. The minimum Gasteiger partial charge on any atom is -0.309 e. The third-order valence-corrected chi connectivity index (χ3v) is 6.27. The molecule has 0 saturated carbocycles. The quantitative estimate of drug-likeness (QED) is 0.747. The van der Waals surface area contributed by atoms with Crippen molar-refractivity contribution in [3.05, 3.63) is 37.7 Å². The summed E-state index contributed by atoms with van der Waals surface area (Å²) in [4.78, 5) is 25.9. The molecule has 0 saturated heterocycles. The number of hydrogen-bond acceptors (Lipinski definition) is 6. The molecular formula is C13H13N3OS3. The Kier molecular flexibility index (Phi) is 3.66. The SMILES string of the molecule is Cc1csc(SCc2nc3sc(C)c(C)c3c(=O)[nH]2)n1. The summed E-state index contributed by atoms with van der Waals surface area (Å²) in [7, 11) is 0. The highest BCUT2D eigenvalue weighted by Crippen LogP contribution is 2.28. The summed E-state index contributed by atoms with van der Waals surface area (Å²) in [6.45, 7) is 5.97. The summed E-state index contributed by atoms with van der Waals surface area (Å²) in [5, 5.41) is 2.75. The van der Waals surface area contributed by atoms with Gasteiger partial charge in [-0.25, -0.2) is 9.97 Å². The van der Waals surface area contributed by atoms with Gasteiger partial charge >= 0.3 is 0 Å². The largest absolute Gasteiger partial charge is 0.309 e. The molecule has 0 aromatic carbocycles. The molecule has 3 rings (SSSR count). The van der Waals surface area contributed by atoms with Crippen molar-refractivity contribution in [1.82, 2.24) is 15.0 Å². The van der Waals surface area contributed by atoms with E-state index in [0.717, 1.165) is 30.7 Å². The molecule has 0 radical (unpaired) electrons. The van der Waals surface area contributed by atoms with E-state index in [9.17, 15) is 4.79 Å². The van der Waals surface area contributed by atoms with Crippen molar-refractivity contribution in [1.29, 1.82) is 0 Å². The molecule has 0 fully saturated rings. The van der Waals surface area contributed by atoms with Crippen LogP contribution in [0.1, 0.15) is 22.0 Å². The number of nitrogens with one attached hydrogen (secondary N) is 1. The van der Waals surface area contributed by atoms with E-state index in [0.29, 0.717) is 11.6 Å². The summed E-state index contributed by atoms with van der Waals surface area (Å²) in [5.74, 6) is 1.34. The van der Waals surface area contributed by atoms with Crippen LogP contribution in [0.4, 0.5) is 0 Å². The van der Waals surface area contributed by atoms with Crippen molar-refractivity contribution in [2.45, 2.75) is 30.9 Å². The summed E-state index contributed by atoms with van der Waals surface area (Å²) in [6, 6.07) is 0. The molecule has 7 heteroatoms. The number of rotatable bonds is 3. The van der Waals surface area contributed by atoms with Crippen LogP contribution in [0.15, 0.2) is 14.5 Å². The first kappa shape index (κ1) is 13.8. The molecule has 3 aromatic rings. The number of nitrogens with zero attached hydrogens (tertiary/aromatic N) is 2. The minimum atomic E-state index is -0.0391. The molecule has 3 aromatic heterocycles. The maximum Gasteiger partial charge on any atom is 0.259 e. The van der Waals surface area contributed by atoms with E-state index in [1.807, 2.05) is 26.2 Å². The topological polar surface area (TPSA) is 58.6 Å². The van der Waals surface area contributed by atoms with Crippen molar-refractivity contribution in [2.75, 3.05) is 0 Å². The lowest BCUT2D eigenvalue weighted by Crippen LogP contribution is -2.10. The number of aromatic amines is 1. The second-order valence-corrected chi connectivity index (χ2v) is 7.80. The van der Waals surface area contributed by atoms with Gasteiger partial charge in [-0.1, -0.05) is 11.8 Å². The van der Waals surface area contributed by atoms with E-state index in [1.54, 1.807) is 34.4 Å². The molecule has 3 heterocycles. The second-order valence-electron chi connectivity index (χ2n) is 4.52. The number of thioether (sulfide) groups is 1. The number of aryl methyl sites for hydroxylation is 3. The molecular weight excluding hydrogens is 310 g/mol. The molecule has 0 bridgehead atoms. The van der Waals surface area contributed by atoms with Crippen molar-refractivity contribution < 1.29 is 0 Å². The molecule has 4 nitrogen and oxygen atoms in total. The average molecular weight is 323 g/mol. The number of hydrogen-bond donors (Lipinski definition) is 1. The van der Waals surface area contributed by atoms with Gasteiger partial charge in [0.2, 0.25) is 0 Å². The second kappa shape index (κ2) is 5.31. The average Bonchev–Trinajstić information content (AvgIpc) is 2.92. The van der Waals surface area contributed by atoms with E-state index >= 15 is 0 Å². The Morgan fingerprint density at radius 1 is 1.30 bits per heavy atom. The van der Waals surface area contributed by atoms with Crippen molar-refractivity contribution >= 4 is 44.7 Å². The highest BCUT2D eigenvalue weighted by atomic mass is 32.2. The van der Waals surface area contributed by atoms with Crippen LogP contribution in [0.3, 0.4) is 0 Å². The van der Waals surface area contributed by atoms with Gasteiger partial charge in [-0.15, -0.1) is 22.7 Å². The molecule has 0 aliphatic rings. The van der Waals surface area contributed by atoms with Crippen LogP contribution in [-0.2, 0) is 5.75 Å². The summed E-state index contributed by atoms with van der Waals surface area (Å²) in [5.41, 5.74) is 2.02. The molecule has 0 spiro atoms. The first-order chi connectivity index (χ1) is 9.54. The highest BCUT2D eigenvalue weighted by Gasteiger charge is 2.12. The zero-order chi connectivity index (χ0) is 14.3. The Hall–Kier alpha value is -1.18. The Morgan fingerprint density at radius 3 is 2.80 bits per heavy atom. The number of aromatic nitrogens is 3. The van der Waals surface area contributed by atoms with Gasteiger partial charge in [0.25, 0.3) is 5.56 Å². The lowest BCUT2D eigenvalue weighted by molar-refractivity contribution is 1.04. The van der Waals surface area contributed by atoms with Crippen molar-refractivity contribution in [3.63, 3.8) is 0 Å². The standard InChI is InChI=1S/C13H13N3OS3/c1-6-4-18-13(14-6)19-5-9-15-11(17)10-7(2)8(3)20-12(10)16-9/h4H,5H2,1-3H3,(H,15,16,17). The van der Waals surface area contributed by atoms with Crippen LogP contribution in [-0.4, -0.2) is 15.0 Å². The minimum absolute atomic E-state index is 0.0391. The van der Waals surface area contributed by atoms with Gasteiger partial charge in [0, 0.05) is 16.0 Å². The van der Waals surface area contributed by atoms with E-state index in [-0.39, 0.29) is 5.56 Å². The van der Waals surface area contributed by atoms with Gasteiger partial charge in [-0.3, -0.25) is 4.79 Å². The van der Waals surface area contributed by atoms with E-state index in [2.05, 4.69) is 15.0 Å². The summed E-state index contributed by atoms with van der Waals surface area (Å²) < 4.78 is 1.00. The fourth-order valence-electron chi connectivity index (χ4n) is 1.90. The number of fused-ring (bicyclic) bond motifs is 1. The molecule has 104 valence electrons. The zero-order valence-corrected chi connectivity index (χ0v) is 13.8. The molecule has 1 N–H and O–H groups in total. The fourth-order valence-corrected chi connectivity index (χ4v) is 4.66. The van der Waals surface area contributed by atoms with Gasteiger partial charge in [0.05, 0.1) is 11.1 Å². The number of thiazole rings is 1. The number of H-pyrrole nitrogens is 1. The van der Waals surface area contributed by atoms with E-state index < -0.39 is 0 Å². The molecule has 20 heavy (non-hydrogen) atoms. The van der Waals surface area contributed by atoms with Crippen LogP contribution >= 0.6 is 34.4 Å².